The standard InChI is InChI=1S/C18H17FO2/c19-17-12-10-15(11-13-17)6-4-5-9-18(20)21-14-16-7-2-1-3-8-16/h1-4,6-8,10-13H,5,9,14H2/b6-4+. The normalized spacial score (nSPS) is 10.7. The van der Waals surface area contributed by atoms with Crippen LogP contribution in [0.2, 0.25) is 0 Å². The Labute approximate surface area is 123 Å². The predicted molar refractivity (Wildman–Crippen MR) is 80.9 cm³/mol. The Hall–Kier alpha value is -2.42. The highest BCUT2D eigenvalue weighted by Crippen LogP contribution is 2.07. The molecule has 2 rings (SSSR count). The van der Waals surface area contributed by atoms with Gasteiger partial charge in [-0.3, -0.25) is 4.79 Å². The molecule has 0 N–H and O–H groups in total. The Balaban J connectivity index is 1.68. The van der Waals surface area contributed by atoms with Crippen molar-refractivity contribution >= 4 is 12.0 Å². The number of carbonyl (C=O) groups is 1. The highest BCUT2D eigenvalue weighted by molar-refractivity contribution is 5.69. The summed E-state index contributed by atoms with van der Waals surface area (Å²) in [5.41, 5.74) is 1.89. The lowest BCUT2D eigenvalue weighted by atomic mass is 10.2. The molecule has 0 aliphatic carbocycles. The van der Waals surface area contributed by atoms with Crippen LogP contribution >= 0.6 is 0 Å². The number of carbonyl (C=O) groups excluding carboxylic acids is 1. The van der Waals surface area contributed by atoms with E-state index in [0.29, 0.717) is 19.4 Å². The summed E-state index contributed by atoms with van der Waals surface area (Å²) in [6.45, 7) is 0.307. The highest BCUT2D eigenvalue weighted by atomic mass is 19.1. The van der Waals surface area contributed by atoms with Gasteiger partial charge >= 0.3 is 5.97 Å². The fourth-order valence-electron chi connectivity index (χ4n) is 1.80. The van der Waals surface area contributed by atoms with Crippen molar-refractivity contribution in [3.05, 3.63) is 77.6 Å². The smallest absolute Gasteiger partial charge is 0.306 e. The van der Waals surface area contributed by atoms with Crippen LogP contribution in [0.15, 0.2) is 60.7 Å². The van der Waals surface area contributed by atoms with Crippen LogP contribution in [0.25, 0.3) is 6.08 Å². The first-order valence-electron chi connectivity index (χ1n) is 6.86. The monoisotopic (exact) mass is 284 g/mol. The average molecular weight is 284 g/mol. The van der Waals surface area contributed by atoms with Gasteiger partial charge in [0.15, 0.2) is 0 Å². The lowest BCUT2D eigenvalue weighted by Crippen LogP contribution is -2.03. The number of halogens is 1. The molecule has 0 bridgehead atoms. The topological polar surface area (TPSA) is 26.3 Å². The summed E-state index contributed by atoms with van der Waals surface area (Å²) in [5, 5.41) is 0. The quantitative estimate of drug-likeness (QED) is 0.737. The highest BCUT2D eigenvalue weighted by Gasteiger charge is 2.01. The maximum absolute atomic E-state index is 12.7. The summed E-state index contributed by atoms with van der Waals surface area (Å²) < 4.78 is 17.9. The van der Waals surface area contributed by atoms with Gasteiger partial charge in [0.1, 0.15) is 12.4 Å². The van der Waals surface area contributed by atoms with Gasteiger partial charge < -0.3 is 4.74 Å². The number of esters is 1. The lowest BCUT2D eigenvalue weighted by Gasteiger charge is -2.03. The van der Waals surface area contributed by atoms with Crippen LogP contribution in [0.3, 0.4) is 0 Å². The van der Waals surface area contributed by atoms with Gasteiger partial charge in [0.2, 0.25) is 0 Å². The Kier molecular flexibility index (Phi) is 5.71. The molecule has 0 aliphatic rings. The average Bonchev–Trinajstić information content (AvgIpc) is 2.52. The van der Waals surface area contributed by atoms with E-state index in [1.54, 1.807) is 12.1 Å². The summed E-state index contributed by atoms with van der Waals surface area (Å²) in [5.74, 6) is -0.473. The second-order valence-corrected chi connectivity index (χ2v) is 4.64. The third kappa shape index (κ3) is 5.61. The first-order valence-corrected chi connectivity index (χ1v) is 6.86. The summed E-state index contributed by atoms with van der Waals surface area (Å²) in [6, 6.07) is 15.8. The van der Waals surface area contributed by atoms with E-state index in [1.807, 2.05) is 42.5 Å². The Bertz CT molecular complexity index is 588. The molecule has 3 heteroatoms. The molecule has 0 aliphatic heterocycles. The summed E-state index contributed by atoms with van der Waals surface area (Å²) in [4.78, 5) is 11.6. The van der Waals surface area contributed by atoms with Gasteiger partial charge in [0, 0.05) is 6.42 Å². The molecule has 0 atom stereocenters. The van der Waals surface area contributed by atoms with Crippen LogP contribution in [0.4, 0.5) is 4.39 Å². The molecule has 2 aromatic carbocycles. The van der Waals surface area contributed by atoms with Gasteiger partial charge in [-0.15, -0.1) is 0 Å². The van der Waals surface area contributed by atoms with E-state index in [9.17, 15) is 9.18 Å². The first kappa shape index (κ1) is 15.0. The first-order chi connectivity index (χ1) is 10.2. The van der Waals surface area contributed by atoms with Crippen LogP contribution in [-0.4, -0.2) is 5.97 Å². The number of benzene rings is 2. The van der Waals surface area contributed by atoms with E-state index in [4.69, 9.17) is 4.74 Å². The lowest BCUT2D eigenvalue weighted by molar-refractivity contribution is -0.144. The van der Waals surface area contributed by atoms with Crippen molar-refractivity contribution in [3.8, 4) is 0 Å². The van der Waals surface area contributed by atoms with Crippen molar-refractivity contribution < 1.29 is 13.9 Å². The van der Waals surface area contributed by atoms with E-state index in [1.165, 1.54) is 12.1 Å². The Morgan fingerprint density at radius 3 is 2.48 bits per heavy atom. The fraction of sp³-hybridized carbons (Fsp3) is 0.167. The van der Waals surface area contributed by atoms with Gasteiger partial charge in [-0.1, -0.05) is 54.6 Å². The Morgan fingerprint density at radius 1 is 1.05 bits per heavy atom. The molecule has 0 fully saturated rings. The minimum absolute atomic E-state index is 0.220. The minimum atomic E-state index is -0.253. The predicted octanol–water partition coefficient (Wildman–Crippen LogP) is 4.36. The van der Waals surface area contributed by atoms with Crippen molar-refractivity contribution in [1.82, 2.24) is 0 Å². The minimum Gasteiger partial charge on any atom is -0.461 e. The van der Waals surface area contributed by atoms with Gasteiger partial charge in [0.05, 0.1) is 0 Å². The molecule has 0 saturated heterocycles. The van der Waals surface area contributed by atoms with Gasteiger partial charge in [-0.05, 0) is 29.7 Å². The third-order valence-electron chi connectivity index (χ3n) is 2.94. The fourth-order valence-corrected chi connectivity index (χ4v) is 1.80. The van der Waals surface area contributed by atoms with E-state index >= 15 is 0 Å². The van der Waals surface area contributed by atoms with Gasteiger partial charge in [-0.2, -0.15) is 0 Å². The van der Waals surface area contributed by atoms with Crippen LogP contribution < -0.4 is 0 Å². The van der Waals surface area contributed by atoms with Crippen molar-refractivity contribution in [3.63, 3.8) is 0 Å². The van der Waals surface area contributed by atoms with E-state index in [2.05, 4.69) is 0 Å². The van der Waals surface area contributed by atoms with Crippen LogP contribution in [0.5, 0.6) is 0 Å². The van der Waals surface area contributed by atoms with Crippen molar-refractivity contribution in [1.29, 1.82) is 0 Å². The number of ether oxygens (including phenoxy) is 1. The second kappa shape index (κ2) is 8.00. The van der Waals surface area contributed by atoms with Gasteiger partial charge in [-0.25, -0.2) is 4.39 Å². The molecule has 0 radical (unpaired) electrons. The molecule has 0 heterocycles. The van der Waals surface area contributed by atoms with E-state index in [-0.39, 0.29) is 11.8 Å². The number of rotatable bonds is 6. The summed E-state index contributed by atoms with van der Waals surface area (Å²) >= 11 is 0. The maximum Gasteiger partial charge on any atom is 0.306 e. The zero-order valence-corrected chi connectivity index (χ0v) is 11.7. The molecule has 0 amide bonds. The molecule has 0 spiro atoms. The molecule has 2 nitrogen and oxygen atoms in total. The molecule has 108 valence electrons. The molecule has 2 aromatic rings. The third-order valence-corrected chi connectivity index (χ3v) is 2.94. The SMILES string of the molecule is O=C(CC/C=C/c1ccc(F)cc1)OCc1ccccc1. The van der Waals surface area contributed by atoms with Crippen molar-refractivity contribution in [2.75, 3.05) is 0 Å². The summed E-state index contributed by atoms with van der Waals surface area (Å²) in [7, 11) is 0. The molecule has 0 unspecified atom stereocenters. The van der Waals surface area contributed by atoms with Crippen LogP contribution in [0.1, 0.15) is 24.0 Å². The molecular weight excluding hydrogens is 267 g/mol. The van der Waals surface area contributed by atoms with E-state index < -0.39 is 0 Å². The number of hydrogen-bond donors (Lipinski definition) is 0. The zero-order valence-electron chi connectivity index (χ0n) is 11.7. The molecule has 21 heavy (non-hydrogen) atoms. The second-order valence-electron chi connectivity index (χ2n) is 4.64. The van der Waals surface area contributed by atoms with Crippen LogP contribution in [-0.2, 0) is 16.1 Å². The molecular formula is C18H17FO2. The van der Waals surface area contributed by atoms with Crippen LogP contribution in [0, 0.1) is 5.82 Å². The maximum atomic E-state index is 12.7. The molecule has 0 saturated carbocycles. The van der Waals surface area contributed by atoms with Crippen molar-refractivity contribution in [2.45, 2.75) is 19.4 Å². The Morgan fingerprint density at radius 2 is 1.76 bits per heavy atom. The number of hydrogen-bond acceptors (Lipinski definition) is 2. The zero-order chi connectivity index (χ0) is 14.9. The van der Waals surface area contributed by atoms with E-state index in [0.717, 1.165) is 11.1 Å². The van der Waals surface area contributed by atoms with Gasteiger partial charge in [0.25, 0.3) is 0 Å². The largest absolute Gasteiger partial charge is 0.461 e. The number of allylic oxidation sites excluding steroid dienone is 1. The summed E-state index contributed by atoms with van der Waals surface area (Å²) in [6.07, 6.45) is 4.69. The van der Waals surface area contributed by atoms with Crippen molar-refractivity contribution in [2.24, 2.45) is 0 Å². The molecule has 0 aromatic heterocycles.